The Morgan fingerprint density at radius 2 is 1.68 bits per heavy atom. The first-order valence-corrected chi connectivity index (χ1v) is 6.39. The minimum Gasteiger partial charge on any atom is -0.496 e. The largest absolute Gasteiger partial charge is 0.496 e. The highest BCUT2D eigenvalue weighted by atomic mass is 79.9. The Hall–Kier alpha value is -1.75. The van der Waals surface area contributed by atoms with Crippen LogP contribution in [0.2, 0.25) is 0 Å². The van der Waals surface area contributed by atoms with Gasteiger partial charge in [-0.1, -0.05) is 0 Å². The van der Waals surface area contributed by atoms with Crippen LogP contribution in [0.25, 0.3) is 10.8 Å². The molecule has 0 aromatic heterocycles. The first-order valence-electron chi connectivity index (χ1n) is 5.60. The molecule has 0 aliphatic carbocycles. The maximum Gasteiger partial charge on any atom is 0.308 e. The fraction of sp³-hybridized carbons (Fsp3) is 0.214. The second-order valence-corrected chi connectivity index (χ2v) is 4.72. The molecule has 0 spiro atoms. The van der Waals surface area contributed by atoms with Crippen molar-refractivity contribution in [2.24, 2.45) is 0 Å². The molecule has 100 valence electrons. The summed E-state index contributed by atoms with van der Waals surface area (Å²) in [5.74, 6) is 1.35. The van der Waals surface area contributed by atoms with Crippen LogP contribution in [0.1, 0.15) is 6.92 Å². The molecule has 0 saturated carbocycles. The van der Waals surface area contributed by atoms with Gasteiger partial charge in [0.1, 0.15) is 11.5 Å². The lowest BCUT2D eigenvalue weighted by atomic mass is 10.1. The van der Waals surface area contributed by atoms with Crippen molar-refractivity contribution in [1.82, 2.24) is 0 Å². The van der Waals surface area contributed by atoms with E-state index in [2.05, 4.69) is 15.9 Å². The number of fused-ring (bicyclic) bond motifs is 1. The van der Waals surface area contributed by atoms with E-state index in [1.54, 1.807) is 20.3 Å². The molecule has 2 rings (SSSR count). The molecule has 0 atom stereocenters. The monoisotopic (exact) mass is 324 g/mol. The zero-order chi connectivity index (χ0) is 14.0. The number of carbonyl (C=O) groups excluding carboxylic acids is 1. The van der Waals surface area contributed by atoms with Crippen LogP contribution in [0, 0.1) is 0 Å². The number of rotatable bonds is 3. The molecule has 0 heterocycles. The van der Waals surface area contributed by atoms with Gasteiger partial charge in [0.05, 0.1) is 24.1 Å². The molecule has 2 aromatic rings. The molecule has 0 amide bonds. The minimum atomic E-state index is -0.391. The Balaban J connectivity index is 2.84. The van der Waals surface area contributed by atoms with Crippen molar-refractivity contribution in [2.45, 2.75) is 6.92 Å². The van der Waals surface area contributed by atoms with E-state index < -0.39 is 5.97 Å². The molecule has 0 radical (unpaired) electrons. The lowest BCUT2D eigenvalue weighted by molar-refractivity contribution is -0.131. The number of methoxy groups -OCH3 is 2. The average Bonchev–Trinajstić information content (AvgIpc) is 2.40. The van der Waals surface area contributed by atoms with Gasteiger partial charge in [0.25, 0.3) is 0 Å². The second kappa shape index (κ2) is 5.48. The highest BCUT2D eigenvalue weighted by Gasteiger charge is 2.16. The third-order valence-corrected chi connectivity index (χ3v) is 3.32. The Bertz CT molecular complexity index is 637. The van der Waals surface area contributed by atoms with Gasteiger partial charge in [-0.25, -0.2) is 0 Å². The summed E-state index contributed by atoms with van der Waals surface area (Å²) < 4.78 is 16.6. The third kappa shape index (κ3) is 2.51. The second-order valence-electron chi connectivity index (χ2n) is 3.86. The zero-order valence-electron chi connectivity index (χ0n) is 10.8. The normalized spacial score (nSPS) is 10.3. The number of hydrogen-bond donors (Lipinski definition) is 0. The highest BCUT2D eigenvalue weighted by molar-refractivity contribution is 9.10. The van der Waals surface area contributed by atoms with E-state index >= 15 is 0 Å². The van der Waals surface area contributed by atoms with Crippen molar-refractivity contribution in [3.05, 3.63) is 28.7 Å². The van der Waals surface area contributed by atoms with E-state index in [0.717, 1.165) is 5.39 Å². The van der Waals surface area contributed by atoms with E-state index in [9.17, 15) is 4.79 Å². The van der Waals surface area contributed by atoms with Crippen LogP contribution in [0.3, 0.4) is 0 Å². The van der Waals surface area contributed by atoms with Crippen LogP contribution in [0.5, 0.6) is 17.2 Å². The van der Waals surface area contributed by atoms with E-state index in [0.29, 0.717) is 27.1 Å². The zero-order valence-corrected chi connectivity index (χ0v) is 12.4. The number of halogens is 1. The van der Waals surface area contributed by atoms with Gasteiger partial charge < -0.3 is 14.2 Å². The molecule has 4 nitrogen and oxygen atoms in total. The predicted octanol–water partition coefficient (Wildman–Crippen LogP) is 3.54. The smallest absolute Gasteiger partial charge is 0.308 e. The summed E-state index contributed by atoms with van der Waals surface area (Å²) >= 11 is 3.38. The Morgan fingerprint density at radius 3 is 2.26 bits per heavy atom. The Morgan fingerprint density at radius 1 is 1.05 bits per heavy atom. The Labute approximate surface area is 119 Å². The quantitative estimate of drug-likeness (QED) is 0.639. The summed E-state index contributed by atoms with van der Waals surface area (Å²) in [6, 6.07) is 7.28. The molecule has 2 aromatic carbocycles. The van der Waals surface area contributed by atoms with Crippen molar-refractivity contribution in [2.75, 3.05) is 14.2 Å². The van der Waals surface area contributed by atoms with Gasteiger partial charge in [0.15, 0.2) is 5.75 Å². The van der Waals surface area contributed by atoms with E-state index in [1.807, 2.05) is 18.2 Å². The van der Waals surface area contributed by atoms with Crippen molar-refractivity contribution >= 4 is 32.7 Å². The maximum absolute atomic E-state index is 11.2. The lowest BCUT2D eigenvalue weighted by Gasteiger charge is -2.14. The van der Waals surface area contributed by atoms with Crippen LogP contribution < -0.4 is 14.2 Å². The van der Waals surface area contributed by atoms with Crippen molar-refractivity contribution in [3.8, 4) is 17.2 Å². The predicted molar refractivity (Wildman–Crippen MR) is 76.1 cm³/mol. The molecule has 5 heteroatoms. The number of ether oxygens (including phenoxy) is 3. The first-order chi connectivity index (χ1) is 9.08. The standard InChI is InChI=1S/C14H13BrO4/c1-8(16)19-14-10(15)5-4-9-11(17-2)6-7-12(18-3)13(9)14/h4-7H,1-3H3. The van der Waals surface area contributed by atoms with Crippen LogP contribution in [-0.4, -0.2) is 20.2 Å². The average molecular weight is 325 g/mol. The lowest BCUT2D eigenvalue weighted by Crippen LogP contribution is -2.03. The van der Waals surface area contributed by atoms with E-state index in [1.165, 1.54) is 6.92 Å². The van der Waals surface area contributed by atoms with Gasteiger partial charge in [-0.05, 0) is 40.2 Å². The fourth-order valence-corrected chi connectivity index (χ4v) is 2.33. The first kappa shape index (κ1) is 13.7. The maximum atomic E-state index is 11.2. The van der Waals surface area contributed by atoms with Gasteiger partial charge in [0.2, 0.25) is 0 Å². The number of benzene rings is 2. The van der Waals surface area contributed by atoms with Gasteiger partial charge in [-0.2, -0.15) is 0 Å². The summed E-state index contributed by atoms with van der Waals surface area (Å²) in [5.41, 5.74) is 0. The molecule has 0 bridgehead atoms. The molecular weight excluding hydrogens is 312 g/mol. The molecule has 0 aliphatic heterocycles. The minimum absolute atomic E-state index is 0.391. The fourth-order valence-electron chi connectivity index (χ4n) is 1.92. The van der Waals surface area contributed by atoms with Gasteiger partial charge in [-0.15, -0.1) is 0 Å². The van der Waals surface area contributed by atoms with Crippen LogP contribution in [-0.2, 0) is 4.79 Å². The molecule has 0 N–H and O–H groups in total. The number of hydrogen-bond acceptors (Lipinski definition) is 4. The molecular formula is C14H13BrO4. The molecule has 0 saturated heterocycles. The number of carbonyl (C=O) groups is 1. The van der Waals surface area contributed by atoms with Gasteiger partial charge in [-0.3, -0.25) is 4.79 Å². The molecule has 0 aliphatic rings. The van der Waals surface area contributed by atoms with Crippen molar-refractivity contribution in [1.29, 1.82) is 0 Å². The van der Waals surface area contributed by atoms with Crippen LogP contribution >= 0.6 is 15.9 Å². The van der Waals surface area contributed by atoms with Gasteiger partial charge in [0, 0.05) is 12.3 Å². The SMILES string of the molecule is COc1ccc(OC)c2c(OC(C)=O)c(Br)ccc12. The highest BCUT2D eigenvalue weighted by Crippen LogP contribution is 2.43. The van der Waals surface area contributed by atoms with E-state index in [4.69, 9.17) is 14.2 Å². The summed E-state index contributed by atoms with van der Waals surface area (Å²) in [4.78, 5) is 11.2. The Kier molecular flexibility index (Phi) is 3.95. The third-order valence-electron chi connectivity index (χ3n) is 2.69. The number of esters is 1. The van der Waals surface area contributed by atoms with Crippen LogP contribution in [0.4, 0.5) is 0 Å². The van der Waals surface area contributed by atoms with E-state index in [-0.39, 0.29) is 0 Å². The molecule has 19 heavy (non-hydrogen) atoms. The van der Waals surface area contributed by atoms with Crippen molar-refractivity contribution in [3.63, 3.8) is 0 Å². The molecule has 0 fully saturated rings. The summed E-state index contributed by atoms with van der Waals surface area (Å²) in [5, 5.41) is 1.52. The molecule has 0 unspecified atom stereocenters. The summed E-state index contributed by atoms with van der Waals surface area (Å²) in [7, 11) is 3.16. The van der Waals surface area contributed by atoms with Crippen molar-refractivity contribution < 1.29 is 19.0 Å². The van der Waals surface area contributed by atoms with Gasteiger partial charge >= 0.3 is 5.97 Å². The topological polar surface area (TPSA) is 44.8 Å². The summed E-state index contributed by atoms with van der Waals surface area (Å²) in [6.07, 6.45) is 0. The van der Waals surface area contributed by atoms with Crippen LogP contribution in [0.15, 0.2) is 28.7 Å². The summed E-state index contributed by atoms with van der Waals surface area (Å²) in [6.45, 7) is 1.36.